The Kier molecular flexibility index (Phi) is 2.96. The molecule has 82 valence electrons. The van der Waals surface area contributed by atoms with Crippen molar-refractivity contribution in [1.29, 1.82) is 0 Å². The third-order valence-electron chi connectivity index (χ3n) is 3.19. The third-order valence-corrected chi connectivity index (χ3v) is 3.19. The van der Waals surface area contributed by atoms with Crippen molar-refractivity contribution in [3.63, 3.8) is 0 Å². The van der Waals surface area contributed by atoms with E-state index in [2.05, 4.69) is 30.4 Å². The van der Waals surface area contributed by atoms with E-state index in [9.17, 15) is 0 Å². The van der Waals surface area contributed by atoms with Gasteiger partial charge >= 0.3 is 0 Å². The molecule has 2 heteroatoms. The number of hydrogen-bond donors (Lipinski definition) is 1. The van der Waals surface area contributed by atoms with Crippen molar-refractivity contribution in [3.05, 3.63) is 29.8 Å². The van der Waals surface area contributed by atoms with Crippen LogP contribution in [0, 0.1) is 0 Å². The Balaban J connectivity index is 2.09. The fourth-order valence-corrected chi connectivity index (χ4v) is 2.34. The SMILES string of the molecule is COc1cccc(CC2(C)CCCN2)c1. The summed E-state index contributed by atoms with van der Waals surface area (Å²) in [5.74, 6) is 0.953. The van der Waals surface area contributed by atoms with Crippen LogP contribution in [0.25, 0.3) is 0 Å². The van der Waals surface area contributed by atoms with Crippen LogP contribution in [-0.2, 0) is 6.42 Å². The molecular formula is C13H19NO. The normalized spacial score (nSPS) is 25.5. The molecule has 0 bridgehead atoms. The molecule has 0 aliphatic carbocycles. The number of hydrogen-bond acceptors (Lipinski definition) is 2. The summed E-state index contributed by atoms with van der Waals surface area (Å²) >= 11 is 0. The number of benzene rings is 1. The minimum Gasteiger partial charge on any atom is -0.497 e. The van der Waals surface area contributed by atoms with Crippen molar-refractivity contribution < 1.29 is 4.74 Å². The van der Waals surface area contributed by atoms with Crippen molar-refractivity contribution in [2.75, 3.05) is 13.7 Å². The minimum atomic E-state index is 0.284. The van der Waals surface area contributed by atoms with Gasteiger partial charge in [0.2, 0.25) is 0 Å². The van der Waals surface area contributed by atoms with Crippen molar-refractivity contribution in [3.8, 4) is 5.75 Å². The molecule has 0 radical (unpaired) electrons. The predicted octanol–water partition coefficient (Wildman–Crippen LogP) is 2.38. The van der Waals surface area contributed by atoms with Crippen molar-refractivity contribution >= 4 is 0 Å². The summed E-state index contributed by atoms with van der Waals surface area (Å²) in [6.45, 7) is 3.46. The van der Waals surface area contributed by atoms with Crippen LogP contribution in [0.5, 0.6) is 5.75 Å². The number of rotatable bonds is 3. The van der Waals surface area contributed by atoms with Gasteiger partial charge in [0.05, 0.1) is 7.11 Å². The van der Waals surface area contributed by atoms with Gasteiger partial charge in [-0.1, -0.05) is 12.1 Å². The lowest BCUT2D eigenvalue weighted by Crippen LogP contribution is -2.38. The molecule has 1 unspecified atom stereocenters. The van der Waals surface area contributed by atoms with Gasteiger partial charge < -0.3 is 10.1 Å². The molecule has 2 rings (SSSR count). The third kappa shape index (κ3) is 2.51. The average Bonchev–Trinajstić information content (AvgIpc) is 2.65. The molecule has 1 saturated heterocycles. The van der Waals surface area contributed by atoms with Gasteiger partial charge in [0.1, 0.15) is 5.75 Å². The first-order valence-corrected chi connectivity index (χ1v) is 5.60. The molecule has 0 saturated carbocycles. The van der Waals surface area contributed by atoms with Crippen molar-refractivity contribution in [2.24, 2.45) is 0 Å². The zero-order valence-corrected chi connectivity index (χ0v) is 9.55. The highest BCUT2D eigenvalue weighted by molar-refractivity contribution is 5.29. The molecule has 1 heterocycles. The van der Waals surface area contributed by atoms with E-state index in [1.807, 2.05) is 6.07 Å². The summed E-state index contributed by atoms with van der Waals surface area (Å²) in [5, 5.41) is 3.58. The zero-order valence-electron chi connectivity index (χ0n) is 9.55. The Hall–Kier alpha value is -1.02. The first kappa shape index (κ1) is 10.5. The van der Waals surface area contributed by atoms with E-state index in [1.165, 1.54) is 18.4 Å². The molecule has 1 aliphatic heterocycles. The second kappa shape index (κ2) is 4.23. The summed E-state index contributed by atoms with van der Waals surface area (Å²) in [6, 6.07) is 8.36. The van der Waals surface area contributed by atoms with Gasteiger partial charge in [-0.2, -0.15) is 0 Å². The molecule has 0 spiro atoms. The highest BCUT2D eigenvalue weighted by Gasteiger charge is 2.27. The van der Waals surface area contributed by atoms with Crippen LogP contribution in [-0.4, -0.2) is 19.2 Å². The fourth-order valence-electron chi connectivity index (χ4n) is 2.34. The molecule has 1 aliphatic rings. The Labute approximate surface area is 91.6 Å². The Morgan fingerprint density at radius 3 is 3.00 bits per heavy atom. The summed E-state index contributed by atoms with van der Waals surface area (Å²) in [4.78, 5) is 0. The Morgan fingerprint density at radius 1 is 1.47 bits per heavy atom. The second-order valence-corrected chi connectivity index (χ2v) is 4.62. The smallest absolute Gasteiger partial charge is 0.119 e. The van der Waals surface area contributed by atoms with Crippen molar-refractivity contribution in [1.82, 2.24) is 5.32 Å². The standard InChI is InChI=1S/C13H19NO/c1-13(7-4-8-14-13)10-11-5-3-6-12(9-11)15-2/h3,5-6,9,14H,4,7-8,10H2,1-2H3. The molecule has 1 aromatic carbocycles. The van der Waals surface area contributed by atoms with E-state index >= 15 is 0 Å². The molecule has 1 N–H and O–H groups in total. The molecule has 1 atom stereocenters. The number of nitrogens with one attached hydrogen (secondary N) is 1. The highest BCUT2D eigenvalue weighted by Crippen LogP contribution is 2.24. The van der Waals surface area contributed by atoms with Gasteiger partial charge in [0, 0.05) is 5.54 Å². The molecule has 0 amide bonds. The molecule has 0 aromatic heterocycles. The quantitative estimate of drug-likeness (QED) is 0.818. The second-order valence-electron chi connectivity index (χ2n) is 4.62. The van der Waals surface area contributed by atoms with Crippen LogP contribution in [0.15, 0.2) is 24.3 Å². The monoisotopic (exact) mass is 205 g/mol. The Bertz CT molecular complexity index is 329. The van der Waals surface area contributed by atoms with Crippen molar-refractivity contribution in [2.45, 2.75) is 31.7 Å². The van der Waals surface area contributed by atoms with Crippen LogP contribution in [0.2, 0.25) is 0 Å². The van der Waals surface area contributed by atoms with E-state index in [1.54, 1.807) is 7.11 Å². The number of methoxy groups -OCH3 is 1. The molecule has 1 fully saturated rings. The van der Waals surface area contributed by atoms with Crippen LogP contribution in [0.3, 0.4) is 0 Å². The topological polar surface area (TPSA) is 21.3 Å². The average molecular weight is 205 g/mol. The molecule has 1 aromatic rings. The van der Waals surface area contributed by atoms with E-state index < -0.39 is 0 Å². The largest absolute Gasteiger partial charge is 0.497 e. The van der Waals surface area contributed by atoms with Crippen LogP contribution < -0.4 is 10.1 Å². The summed E-state index contributed by atoms with van der Waals surface area (Å²) in [6.07, 6.45) is 3.65. The molecular weight excluding hydrogens is 186 g/mol. The summed E-state index contributed by atoms with van der Waals surface area (Å²) < 4.78 is 5.23. The lowest BCUT2D eigenvalue weighted by molar-refractivity contribution is 0.403. The summed E-state index contributed by atoms with van der Waals surface area (Å²) in [7, 11) is 1.72. The highest BCUT2D eigenvalue weighted by atomic mass is 16.5. The van der Waals surface area contributed by atoms with Crippen LogP contribution in [0.1, 0.15) is 25.3 Å². The zero-order chi connectivity index (χ0) is 10.7. The van der Waals surface area contributed by atoms with Gasteiger partial charge in [-0.25, -0.2) is 0 Å². The van der Waals surface area contributed by atoms with E-state index in [-0.39, 0.29) is 5.54 Å². The first-order valence-electron chi connectivity index (χ1n) is 5.60. The maximum Gasteiger partial charge on any atom is 0.119 e. The molecule has 15 heavy (non-hydrogen) atoms. The van der Waals surface area contributed by atoms with E-state index in [0.29, 0.717) is 0 Å². The van der Waals surface area contributed by atoms with Gasteiger partial charge in [0.25, 0.3) is 0 Å². The maximum absolute atomic E-state index is 5.23. The molecule has 2 nitrogen and oxygen atoms in total. The van der Waals surface area contributed by atoms with E-state index in [4.69, 9.17) is 4.74 Å². The fraction of sp³-hybridized carbons (Fsp3) is 0.538. The lowest BCUT2D eigenvalue weighted by atomic mass is 9.91. The first-order chi connectivity index (χ1) is 7.22. The number of ether oxygens (including phenoxy) is 1. The predicted molar refractivity (Wildman–Crippen MR) is 62.3 cm³/mol. The Morgan fingerprint density at radius 2 is 2.33 bits per heavy atom. The summed E-state index contributed by atoms with van der Waals surface area (Å²) in [5.41, 5.74) is 1.64. The van der Waals surface area contributed by atoms with E-state index in [0.717, 1.165) is 18.7 Å². The van der Waals surface area contributed by atoms with Crippen LogP contribution in [0.4, 0.5) is 0 Å². The minimum absolute atomic E-state index is 0.284. The van der Waals surface area contributed by atoms with Gasteiger partial charge in [-0.3, -0.25) is 0 Å². The van der Waals surface area contributed by atoms with Crippen LogP contribution >= 0.6 is 0 Å². The van der Waals surface area contributed by atoms with Gasteiger partial charge in [0.15, 0.2) is 0 Å². The van der Waals surface area contributed by atoms with Gasteiger partial charge in [-0.05, 0) is 50.4 Å². The maximum atomic E-state index is 5.23. The van der Waals surface area contributed by atoms with Gasteiger partial charge in [-0.15, -0.1) is 0 Å². The lowest BCUT2D eigenvalue weighted by Gasteiger charge is -2.24.